The SMILES string of the molecule is CCOC(=O)C(CCc1cccc(OC)c1)C(C)=O. The number of hydrogen-bond acceptors (Lipinski definition) is 4. The van der Waals surface area contributed by atoms with Crippen molar-refractivity contribution < 1.29 is 19.1 Å². The Morgan fingerprint density at radius 3 is 2.63 bits per heavy atom. The second kappa shape index (κ2) is 7.56. The first-order valence-corrected chi connectivity index (χ1v) is 6.38. The van der Waals surface area contributed by atoms with Crippen molar-refractivity contribution in [1.82, 2.24) is 0 Å². The van der Waals surface area contributed by atoms with Crippen LogP contribution in [0.15, 0.2) is 24.3 Å². The maximum absolute atomic E-state index is 11.7. The average molecular weight is 264 g/mol. The molecule has 0 heterocycles. The number of ketones is 1. The van der Waals surface area contributed by atoms with Crippen molar-refractivity contribution in [3.05, 3.63) is 29.8 Å². The normalized spacial score (nSPS) is 11.7. The number of esters is 1. The van der Waals surface area contributed by atoms with E-state index < -0.39 is 11.9 Å². The van der Waals surface area contributed by atoms with Gasteiger partial charge in [0.1, 0.15) is 17.5 Å². The van der Waals surface area contributed by atoms with Gasteiger partial charge in [0.05, 0.1) is 13.7 Å². The van der Waals surface area contributed by atoms with Crippen LogP contribution in [0.3, 0.4) is 0 Å². The Hall–Kier alpha value is -1.84. The second-order valence-electron chi connectivity index (χ2n) is 4.31. The first kappa shape index (κ1) is 15.2. The molecule has 104 valence electrons. The Morgan fingerprint density at radius 2 is 2.05 bits per heavy atom. The summed E-state index contributed by atoms with van der Waals surface area (Å²) in [6.45, 7) is 3.45. The highest BCUT2D eigenvalue weighted by molar-refractivity contribution is 5.97. The summed E-state index contributed by atoms with van der Waals surface area (Å²) in [5.41, 5.74) is 1.04. The lowest BCUT2D eigenvalue weighted by molar-refractivity contribution is -0.151. The zero-order chi connectivity index (χ0) is 14.3. The Morgan fingerprint density at radius 1 is 1.32 bits per heavy atom. The molecule has 4 nitrogen and oxygen atoms in total. The molecule has 0 saturated carbocycles. The van der Waals surface area contributed by atoms with Crippen LogP contribution in [0.4, 0.5) is 0 Å². The van der Waals surface area contributed by atoms with E-state index in [0.717, 1.165) is 11.3 Å². The van der Waals surface area contributed by atoms with Crippen LogP contribution in [0.2, 0.25) is 0 Å². The molecule has 0 amide bonds. The molecule has 0 N–H and O–H groups in total. The quantitative estimate of drug-likeness (QED) is 0.560. The summed E-state index contributed by atoms with van der Waals surface area (Å²) in [5.74, 6) is -0.488. The summed E-state index contributed by atoms with van der Waals surface area (Å²) < 4.78 is 10.1. The first-order chi connectivity index (χ1) is 9.08. The van der Waals surface area contributed by atoms with Gasteiger partial charge in [0.15, 0.2) is 0 Å². The minimum absolute atomic E-state index is 0.152. The van der Waals surface area contributed by atoms with E-state index in [0.29, 0.717) is 19.4 Å². The zero-order valence-electron chi connectivity index (χ0n) is 11.6. The van der Waals surface area contributed by atoms with E-state index >= 15 is 0 Å². The number of carbonyl (C=O) groups is 2. The predicted molar refractivity (Wildman–Crippen MR) is 72.1 cm³/mol. The standard InChI is InChI=1S/C15H20O4/c1-4-19-15(17)14(11(2)16)9-8-12-6-5-7-13(10-12)18-3/h5-7,10,14H,4,8-9H2,1-3H3. The Kier molecular flexibility index (Phi) is 6.06. The molecule has 0 aliphatic rings. The van der Waals surface area contributed by atoms with Crippen molar-refractivity contribution >= 4 is 11.8 Å². The third kappa shape index (κ3) is 4.73. The number of hydrogen-bond donors (Lipinski definition) is 0. The number of carbonyl (C=O) groups excluding carboxylic acids is 2. The van der Waals surface area contributed by atoms with Crippen molar-refractivity contribution in [3.8, 4) is 5.75 Å². The molecule has 0 saturated heterocycles. The van der Waals surface area contributed by atoms with Gasteiger partial charge in [-0.2, -0.15) is 0 Å². The second-order valence-corrected chi connectivity index (χ2v) is 4.31. The van der Waals surface area contributed by atoms with E-state index in [1.165, 1.54) is 6.92 Å². The molecule has 1 atom stereocenters. The predicted octanol–water partition coefficient (Wildman–Crippen LogP) is 2.40. The van der Waals surface area contributed by atoms with Crippen molar-refractivity contribution in [1.29, 1.82) is 0 Å². The van der Waals surface area contributed by atoms with Crippen LogP contribution in [0.25, 0.3) is 0 Å². The highest BCUT2D eigenvalue weighted by Crippen LogP contribution is 2.17. The lowest BCUT2D eigenvalue weighted by Crippen LogP contribution is -2.24. The molecule has 4 heteroatoms. The summed E-state index contributed by atoms with van der Waals surface area (Å²) in [6, 6.07) is 7.60. The van der Waals surface area contributed by atoms with Gasteiger partial charge in [0.25, 0.3) is 0 Å². The molecular formula is C15H20O4. The smallest absolute Gasteiger partial charge is 0.316 e. The summed E-state index contributed by atoms with van der Waals surface area (Å²) in [7, 11) is 1.61. The first-order valence-electron chi connectivity index (χ1n) is 6.38. The minimum Gasteiger partial charge on any atom is -0.497 e. The van der Waals surface area contributed by atoms with E-state index in [-0.39, 0.29) is 5.78 Å². The lowest BCUT2D eigenvalue weighted by Gasteiger charge is -2.12. The fourth-order valence-electron chi connectivity index (χ4n) is 1.87. The summed E-state index contributed by atoms with van der Waals surface area (Å²) in [6.07, 6.45) is 1.10. The average Bonchev–Trinajstić information content (AvgIpc) is 2.39. The largest absolute Gasteiger partial charge is 0.497 e. The number of rotatable bonds is 7. The Bertz CT molecular complexity index is 440. The molecule has 1 unspecified atom stereocenters. The van der Waals surface area contributed by atoms with Gasteiger partial charge >= 0.3 is 5.97 Å². The monoisotopic (exact) mass is 264 g/mol. The van der Waals surface area contributed by atoms with E-state index in [4.69, 9.17) is 9.47 Å². The van der Waals surface area contributed by atoms with Gasteiger partial charge < -0.3 is 9.47 Å². The molecule has 19 heavy (non-hydrogen) atoms. The third-order valence-corrected chi connectivity index (χ3v) is 2.92. The Labute approximate surface area is 113 Å². The maximum Gasteiger partial charge on any atom is 0.316 e. The van der Waals surface area contributed by atoms with Crippen LogP contribution >= 0.6 is 0 Å². The van der Waals surface area contributed by atoms with E-state index in [9.17, 15) is 9.59 Å². The summed E-state index contributed by atoms with van der Waals surface area (Å²) >= 11 is 0. The summed E-state index contributed by atoms with van der Waals surface area (Å²) in [5, 5.41) is 0. The van der Waals surface area contributed by atoms with Gasteiger partial charge in [0, 0.05) is 0 Å². The highest BCUT2D eigenvalue weighted by Gasteiger charge is 2.24. The molecule has 1 aromatic rings. The van der Waals surface area contributed by atoms with Gasteiger partial charge in [-0.05, 0) is 44.4 Å². The number of benzene rings is 1. The van der Waals surface area contributed by atoms with Gasteiger partial charge in [-0.3, -0.25) is 9.59 Å². The number of methoxy groups -OCH3 is 1. The van der Waals surface area contributed by atoms with Crippen LogP contribution < -0.4 is 4.74 Å². The van der Waals surface area contributed by atoms with Crippen LogP contribution in [0, 0.1) is 5.92 Å². The fraction of sp³-hybridized carbons (Fsp3) is 0.467. The molecule has 0 aromatic heterocycles. The van der Waals surface area contributed by atoms with Crippen molar-refractivity contribution in [2.24, 2.45) is 5.92 Å². The minimum atomic E-state index is -0.675. The van der Waals surface area contributed by atoms with Crippen LogP contribution in [-0.4, -0.2) is 25.5 Å². The maximum atomic E-state index is 11.7. The van der Waals surface area contributed by atoms with Crippen LogP contribution in [-0.2, 0) is 20.7 Å². The van der Waals surface area contributed by atoms with Gasteiger partial charge in [0.2, 0.25) is 0 Å². The fourth-order valence-corrected chi connectivity index (χ4v) is 1.87. The van der Waals surface area contributed by atoms with E-state index in [2.05, 4.69) is 0 Å². The molecule has 1 rings (SSSR count). The van der Waals surface area contributed by atoms with Crippen molar-refractivity contribution in [2.75, 3.05) is 13.7 Å². The Balaban J connectivity index is 2.65. The molecule has 0 spiro atoms. The molecule has 0 aliphatic heterocycles. The number of ether oxygens (including phenoxy) is 2. The number of Topliss-reactive ketones (excluding diaryl/α,β-unsaturated/α-hetero) is 1. The number of aryl methyl sites for hydroxylation is 1. The van der Waals surface area contributed by atoms with Crippen molar-refractivity contribution in [2.45, 2.75) is 26.7 Å². The molecule has 1 aromatic carbocycles. The molecular weight excluding hydrogens is 244 g/mol. The van der Waals surface area contributed by atoms with E-state index in [1.54, 1.807) is 14.0 Å². The van der Waals surface area contributed by atoms with Crippen LogP contribution in [0.5, 0.6) is 5.75 Å². The zero-order valence-corrected chi connectivity index (χ0v) is 11.6. The van der Waals surface area contributed by atoms with Crippen molar-refractivity contribution in [3.63, 3.8) is 0 Å². The van der Waals surface area contributed by atoms with Gasteiger partial charge in [-0.15, -0.1) is 0 Å². The molecule has 0 fully saturated rings. The molecule has 0 radical (unpaired) electrons. The topological polar surface area (TPSA) is 52.6 Å². The third-order valence-electron chi connectivity index (χ3n) is 2.92. The van der Waals surface area contributed by atoms with Gasteiger partial charge in [-0.25, -0.2) is 0 Å². The van der Waals surface area contributed by atoms with Gasteiger partial charge in [-0.1, -0.05) is 12.1 Å². The highest BCUT2D eigenvalue weighted by atomic mass is 16.5. The van der Waals surface area contributed by atoms with E-state index in [1.807, 2.05) is 24.3 Å². The molecule has 0 aliphatic carbocycles. The summed E-state index contributed by atoms with van der Waals surface area (Å²) in [4.78, 5) is 23.1. The lowest BCUT2D eigenvalue weighted by atomic mass is 9.96. The molecule has 0 bridgehead atoms. The van der Waals surface area contributed by atoms with Crippen LogP contribution in [0.1, 0.15) is 25.8 Å².